The maximum absolute atomic E-state index is 11.0. The summed E-state index contributed by atoms with van der Waals surface area (Å²) in [5, 5.41) is 18.9. The van der Waals surface area contributed by atoms with Crippen LogP contribution in [0, 0.1) is 11.3 Å². The summed E-state index contributed by atoms with van der Waals surface area (Å²) in [5.41, 5.74) is 2.03. The molecule has 0 saturated carbocycles. The summed E-state index contributed by atoms with van der Waals surface area (Å²) in [4.78, 5) is 11.0. The number of benzene rings is 2. The topological polar surface area (TPSA) is 88.8 Å². The molecule has 6 nitrogen and oxygen atoms in total. The van der Waals surface area contributed by atoms with Gasteiger partial charge in [-0.15, -0.1) is 0 Å². The van der Waals surface area contributed by atoms with Crippen LogP contribution >= 0.6 is 0 Å². The first-order valence-corrected chi connectivity index (χ1v) is 8.33. The lowest BCUT2D eigenvalue weighted by Gasteiger charge is -2.11. The van der Waals surface area contributed by atoms with E-state index in [-0.39, 0.29) is 5.78 Å². The van der Waals surface area contributed by atoms with Crippen molar-refractivity contribution in [3.63, 3.8) is 0 Å². The summed E-state index contributed by atoms with van der Waals surface area (Å²) in [5.74, 6) is 1.67. The van der Waals surface area contributed by atoms with Gasteiger partial charge in [0.2, 0.25) is 0 Å². The second-order valence-electron chi connectivity index (χ2n) is 6.05. The number of fused-ring (bicyclic) bond motifs is 1. The maximum Gasteiger partial charge on any atom is 0.491 e. The van der Waals surface area contributed by atoms with Crippen molar-refractivity contribution < 1.29 is 23.9 Å². The first-order chi connectivity index (χ1) is 12.6. The van der Waals surface area contributed by atoms with Gasteiger partial charge in [0, 0.05) is 12.5 Å². The molecule has 2 aromatic rings. The van der Waals surface area contributed by atoms with Crippen molar-refractivity contribution in [3.8, 4) is 23.3 Å². The lowest BCUT2D eigenvalue weighted by molar-refractivity contribution is -0.117. The Balaban J connectivity index is 1.71. The Labute approximate surface area is 152 Å². The Morgan fingerprint density at radius 1 is 1.31 bits per heavy atom. The largest absolute Gasteiger partial charge is 0.492 e. The number of carbonyl (C=O) groups excluding carboxylic acids is 1. The second-order valence-corrected chi connectivity index (χ2v) is 6.05. The van der Waals surface area contributed by atoms with Crippen LogP contribution in [0.4, 0.5) is 0 Å². The van der Waals surface area contributed by atoms with Gasteiger partial charge >= 0.3 is 7.12 Å². The summed E-state index contributed by atoms with van der Waals surface area (Å²) in [6.45, 7) is 2.23. The lowest BCUT2D eigenvalue weighted by atomic mass is 9.80. The zero-order chi connectivity index (χ0) is 18.5. The molecule has 0 aromatic heterocycles. The molecule has 0 aliphatic carbocycles. The zero-order valence-electron chi connectivity index (χ0n) is 14.4. The Bertz CT molecular complexity index is 861. The third-order valence-corrected chi connectivity index (χ3v) is 4.02. The fraction of sp³-hybridized carbons (Fsp3) is 0.263. The molecule has 0 bridgehead atoms. The van der Waals surface area contributed by atoms with E-state index < -0.39 is 7.12 Å². The smallest absolute Gasteiger partial charge is 0.491 e. The average Bonchev–Trinajstić information content (AvgIpc) is 2.99. The summed E-state index contributed by atoms with van der Waals surface area (Å²) in [7, 11) is -0.885. The number of Topliss-reactive ketones (excluding diaryl/α,β-unsaturated/α-hetero) is 1. The standard InChI is InChI=1S/C19H18BNO5/c1-13(22)3-2-8-24-19-10-17(5-4-14(19)11-21)26-16-6-7-18-15(9-16)12-25-20(18)23/h4-7,9-10,23H,2-3,8,12H2,1H3. The summed E-state index contributed by atoms with van der Waals surface area (Å²) >= 11 is 0. The number of ketones is 1. The minimum Gasteiger partial charge on any atom is -0.492 e. The molecule has 26 heavy (non-hydrogen) atoms. The van der Waals surface area contributed by atoms with Gasteiger partial charge in [-0.25, -0.2) is 0 Å². The summed E-state index contributed by atoms with van der Waals surface area (Å²) in [6, 6.07) is 12.4. The highest BCUT2D eigenvalue weighted by Crippen LogP contribution is 2.29. The van der Waals surface area contributed by atoms with Gasteiger partial charge in [-0.3, -0.25) is 0 Å². The van der Waals surface area contributed by atoms with Crippen LogP contribution in [0.1, 0.15) is 30.9 Å². The first-order valence-electron chi connectivity index (χ1n) is 8.33. The van der Waals surface area contributed by atoms with Gasteiger partial charge in [0.05, 0.1) is 18.8 Å². The monoisotopic (exact) mass is 351 g/mol. The molecule has 132 valence electrons. The molecule has 0 spiro atoms. The van der Waals surface area contributed by atoms with Gasteiger partial charge in [0.15, 0.2) is 0 Å². The van der Waals surface area contributed by atoms with Crippen LogP contribution in [0.15, 0.2) is 36.4 Å². The van der Waals surface area contributed by atoms with E-state index in [9.17, 15) is 15.1 Å². The van der Waals surface area contributed by atoms with Crippen molar-refractivity contribution in [1.29, 1.82) is 5.26 Å². The Kier molecular flexibility index (Phi) is 5.57. The summed E-state index contributed by atoms with van der Waals surface area (Å²) in [6.07, 6.45) is 1.04. The molecular weight excluding hydrogens is 333 g/mol. The van der Waals surface area contributed by atoms with Crippen LogP contribution in [0.5, 0.6) is 17.2 Å². The molecule has 0 atom stereocenters. The average molecular weight is 351 g/mol. The molecule has 1 heterocycles. The van der Waals surface area contributed by atoms with Crippen LogP contribution in [-0.4, -0.2) is 24.5 Å². The van der Waals surface area contributed by atoms with E-state index >= 15 is 0 Å². The van der Waals surface area contributed by atoms with E-state index in [0.29, 0.717) is 48.9 Å². The third-order valence-electron chi connectivity index (χ3n) is 4.02. The van der Waals surface area contributed by atoms with Gasteiger partial charge in [-0.2, -0.15) is 5.26 Å². The predicted molar refractivity (Wildman–Crippen MR) is 95.5 cm³/mol. The number of carbonyl (C=O) groups is 1. The lowest BCUT2D eigenvalue weighted by Crippen LogP contribution is -2.27. The van der Waals surface area contributed by atoms with Crippen LogP contribution in [0.2, 0.25) is 0 Å². The second kappa shape index (κ2) is 8.04. The molecule has 1 N–H and O–H groups in total. The molecule has 0 amide bonds. The van der Waals surface area contributed by atoms with Crippen LogP contribution in [0.3, 0.4) is 0 Å². The van der Waals surface area contributed by atoms with Crippen molar-refractivity contribution in [2.45, 2.75) is 26.4 Å². The number of ether oxygens (including phenoxy) is 2. The molecule has 0 fully saturated rings. The maximum atomic E-state index is 11.0. The quantitative estimate of drug-likeness (QED) is 0.608. The number of nitriles is 1. The third kappa shape index (κ3) is 4.23. The molecule has 1 aliphatic heterocycles. The molecule has 0 unspecified atom stereocenters. The molecule has 0 radical (unpaired) electrons. The van der Waals surface area contributed by atoms with Crippen molar-refractivity contribution in [2.75, 3.05) is 6.61 Å². The summed E-state index contributed by atoms with van der Waals surface area (Å²) < 4.78 is 16.6. The number of hydrogen-bond acceptors (Lipinski definition) is 6. The Morgan fingerprint density at radius 3 is 2.85 bits per heavy atom. The van der Waals surface area contributed by atoms with Crippen molar-refractivity contribution in [3.05, 3.63) is 47.5 Å². The fourth-order valence-corrected chi connectivity index (χ4v) is 2.69. The van der Waals surface area contributed by atoms with E-state index in [1.165, 1.54) is 6.92 Å². The number of nitrogens with zero attached hydrogens (tertiary/aromatic N) is 1. The van der Waals surface area contributed by atoms with Gasteiger partial charge in [0.25, 0.3) is 0 Å². The fourth-order valence-electron chi connectivity index (χ4n) is 2.69. The first kappa shape index (κ1) is 18.0. The molecular formula is C19H18BNO5. The van der Waals surface area contributed by atoms with Gasteiger partial charge in [-0.05, 0) is 48.6 Å². The normalized spacial score (nSPS) is 12.4. The van der Waals surface area contributed by atoms with E-state index in [2.05, 4.69) is 6.07 Å². The Morgan fingerprint density at radius 2 is 2.08 bits per heavy atom. The van der Waals surface area contributed by atoms with Crippen molar-refractivity contribution >= 4 is 18.4 Å². The van der Waals surface area contributed by atoms with Crippen LogP contribution in [-0.2, 0) is 16.1 Å². The van der Waals surface area contributed by atoms with Gasteiger partial charge in [0.1, 0.15) is 29.1 Å². The van der Waals surface area contributed by atoms with Gasteiger partial charge in [-0.1, -0.05) is 6.07 Å². The van der Waals surface area contributed by atoms with Crippen LogP contribution < -0.4 is 14.9 Å². The molecule has 0 saturated heterocycles. The number of hydrogen-bond donors (Lipinski definition) is 1. The minimum atomic E-state index is -0.885. The number of rotatable bonds is 7. The molecule has 1 aliphatic rings. The van der Waals surface area contributed by atoms with E-state index in [1.807, 2.05) is 6.07 Å². The molecule has 7 heteroatoms. The van der Waals surface area contributed by atoms with E-state index in [4.69, 9.17) is 14.1 Å². The van der Waals surface area contributed by atoms with Crippen molar-refractivity contribution in [2.24, 2.45) is 0 Å². The van der Waals surface area contributed by atoms with Crippen LogP contribution in [0.25, 0.3) is 0 Å². The molecule has 3 rings (SSSR count). The minimum absolute atomic E-state index is 0.108. The zero-order valence-corrected chi connectivity index (χ0v) is 14.4. The Hall–Kier alpha value is -2.82. The van der Waals surface area contributed by atoms with Crippen molar-refractivity contribution in [1.82, 2.24) is 0 Å². The predicted octanol–water partition coefficient (Wildman–Crippen LogP) is 2.32. The van der Waals surface area contributed by atoms with E-state index in [0.717, 1.165) is 11.0 Å². The van der Waals surface area contributed by atoms with Gasteiger partial charge < -0.3 is 23.9 Å². The highest BCUT2D eigenvalue weighted by molar-refractivity contribution is 6.61. The SMILES string of the molecule is CC(=O)CCCOc1cc(Oc2ccc3c(c2)COB3O)ccc1C#N. The van der Waals surface area contributed by atoms with E-state index in [1.54, 1.807) is 30.3 Å². The highest BCUT2D eigenvalue weighted by Gasteiger charge is 2.27. The molecule has 2 aromatic carbocycles. The highest BCUT2D eigenvalue weighted by atomic mass is 16.5.